The SMILES string of the molecule is COC1(C(N)C2=CCCCCCC2)CCCC(C)C1. The van der Waals surface area contributed by atoms with Crippen LogP contribution in [-0.2, 0) is 4.74 Å². The lowest BCUT2D eigenvalue weighted by Crippen LogP contribution is -2.53. The van der Waals surface area contributed by atoms with Crippen molar-refractivity contribution in [2.24, 2.45) is 11.7 Å². The monoisotopic (exact) mass is 265 g/mol. The molecular weight excluding hydrogens is 234 g/mol. The van der Waals surface area contributed by atoms with E-state index in [2.05, 4.69) is 13.0 Å². The molecule has 2 rings (SSSR count). The zero-order valence-electron chi connectivity index (χ0n) is 12.8. The smallest absolute Gasteiger partial charge is 0.0869 e. The number of hydrogen-bond donors (Lipinski definition) is 1. The van der Waals surface area contributed by atoms with Gasteiger partial charge < -0.3 is 10.5 Å². The van der Waals surface area contributed by atoms with E-state index in [-0.39, 0.29) is 11.6 Å². The third-order valence-corrected chi connectivity index (χ3v) is 5.19. The Bertz CT molecular complexity index is 312. The summed E-state index contributed by atoms with van der Waals surface area (Å²) in [5, 5.41) is 0. The third-order valence-electron chi connectivity index (χ3n) is 5.19. The molecule has 19 heavy (non-hydrogen) atoms. The quantitative estimate of drug-likeness (QED) is 0.777. The fraction of sp³-hybridized carbons (Fsp3) is 0.882. The molecular formula is C17H31NO. The van der Waals surface area contributed by atoms with E-state index in [1.807, 2.05) is 7.11 Å². The van der Waals surface area contributed by atoms with Crippen molar-refractivity contribution >= 4 is 0 Å². The van der Waals surface area contributed by atoms with Gasteiger partial charge in [-0.1, -0.05) is 44.3 Å². The summed E-state index contributed by atoms with van der Waals surface area (Å²) in [5.41, 5.74) is 8.03. The molecule has 0 aromatic rings. The summed E-state index contributed by atoms with van der Waals surface area (Å²) in [6, 6.07) is 0.110. The summed E-state index contributed by atoms with van der Waals surface area (Å²) in [5.74, 6) is 0.744. The van der Waals surface area contributed by atoms with Crippen molar-refractivity contribution in [3.05, 3.63) is 11.6 Å². The van der Waals surface area contributed by atoms with Crippen LogP contribution in [0.25, 0.3) is 0 Å². The van der Waals surface area contributed by atoms with E-state index in [9.17, 15) is 0 Å². The van der Waals surface area contributed by atoms with Crippen molar-refractivity contribution in [3.8, 4) is 0 Å². The van der Waals surface area contributed by atoms with Gasteiger partial charge in [0.15, 0.2) is 0 Å². The second kappa shape index (κ2) is 6.90. The predicted molar refractivity (Wildman–Crippen MR) is 81.1 cm³/mol. The summed E-state index contributed by atoms with van der Waals surface area (Å²) in [6.45, 7) is 2.34. The summed E-state index contributed by atoms with van der Waals surface area (Å²) in [7, 11) is 1.86. The van der Waals surface area contributed by atoms with Gasteiger partial charge in [0, 0.05) is 7.11 Å². The normalized spacial score (nSPS) is 35.1. The van der Waals surface area contributed by atoms with Gasteiger partial charge in [-0.25, -0.2) is 0 Å². The van der Waals surface area contributed by atoms with Crippen molar-refractivity contribution < 1.29 is 4.74 Å². The number of hydrogen-bond acceptors (Lipinski definition) is 2. The Morgan fingerprint density at radius 1 is 1.26 bits per heavy atom. The van der Waals surface area contributed by atoms with Crippen LogP contribution in [0, 0.1) is 5.92 Å². The Kier molecular flexibility index (Phi) is 5.47. The van der Waals surface area contributed by atoms with Crippen molar-refractivity contribution in [2.45, 2.75) is 82.8 Å². The van der Waals surface area contributed by atoms with Crippen molar-refractivity contribution in [2.75, 3.05) is 7.11 Å². The highest BCUT2D eigenvalue weighted by molar-refractivity contribution is 5.18. The maximum Gasteiger partial charge on any atom is 0.0869 e. The zero-order valence-corrected chi connectivity index (χ0v) is 12.8. The highest BCUT2D eigenvalue weighted by Gasteiger charge is 2.41. The molecule has 1 fully saturated rings. The van der Waals surface area contributed by atoms with Crippen LogP contribution in [0.5, 0.6) is 0 Å². The predicted octanol–water partition coefficient (Wildman–Crippen LogP) is 4.19. The standard InChI is InChI=1S/C17H31NO/c1-14-9-8-12-17(13-14,19-2)16(18)15-10-6-4-3-5-7-11-15/h10,14,16H,3-9,11-13,18H2,1-2H3. The van der Waals surface area contributed by atoms with Crippen LogP contribution in [0.2, 0.25) is 0 Å². The molecule has 0 amide bonds. The summed E-state index contributed by atoms with van der Waals surface area (Å²) in [6.07, 6.45) is 15.0. The molecule has 2 aliphatic carbocycles. The van der Waals surface area contributed by atoms with Gasteiger partial charge in [-0.05, 0) is 44.4 Å². The van der Waals surface area contributed by atoms with Gasteiger partial charge in [-0.15, -0.1) is 0 Å². The molecule has 2 heteroatoms. The minimum Gasteiger partial charge on any atom is -0.376 e. The first-order chi connectivity index (χ1) is 9.18. The summed E-state index contributed by atoms with van der Waals surface area (Å²) >= 11 is 0. The fourth-order valence-electron chi connectivity index (χ4n) is 3.98. The number of rotatable bonds is 3. The fourth-order valence-corrected chi connectivity index (χ4v) is 3.98. The topological polar surface area (TPSA) is 35.2 Å². The van der Waals surface area contributed by atoms with Crippen LogP contribution in [0.1, 0.15) is 71.1 Å². The first kappa shape index (κ1) is 15.1. The van der Waals surface area contributed by atoms with E-state index in [4.69, 9.17) is 10.5 Å². The van der Waals surface area contributed by atoms with E-state index >= 15 is 0 Å². The summed E-state index contributed by atoms with van der Waals surface area (Å²) in [4.78, 5) is 0. The highest BCUT2D eigenvalue weighted by Crippen LogP contribution is 2.39. The van der Waals surface area contributed by atoms with Crippen LogP contribution in [0.4, 0.5) is 0 Å². The highest BCUT2D eigenvalue weighted by atomic mass is 16.5. The van der Waals surface area contributed by atoms with E-state index < -0.39 is 0 Å². The molecule has 2 N–H and O–H groups in total. The van der Waals surface area contributed by atoms with Crippen molar-refractivity contribution in [1.82, 2.24) is 0 Å². The second-order valence-electron chi connectivity index (χ2n) is 6.68. The Labute approximate surface area is 118 Å². The minimum atomic E-state index is -0.0945. The Morgan fingerprint density at radius 3 is 2.79 bits per heavy atom. The first-order valence-electron chi connectivity index (χ1n) is 8.17. The van der Waals surface area contributed by atoms with Crippen LogP contribution in [0.3, 0.4) is 0 Å². The molecule has 0 aromatic carbocycles. The van der Waals surface area contributed by atoms with Gasteiger partial charge in [0.1, 0.15) is 0 Å². The largest absolute Gasteiger partial charge is 0.376 e. The zero-order chi connectivity index (χ0) is 13.7. The molecule has 0 saturated heterocycles. The van der Waals surface area contributed by atoms with Gasteiger partial charge in [0.05, 0.1) is 11.6 Å². The average Bonchev–Trinajstić information content (AvgIpc) is 2.37. The molecule has 1 saturated carbocycles. The first-order valence-corrected chi connectivity index (χ1v) is 8.17. The maximum atomic E-state index is 6.66. The number of nitrogens with two attached hydrogens (primary N) is 1. The molecule has 3 atom stereocenters. The number of methoxy groups -OCH3 is 1. The lowest BCUT2D eigenvalue weighted by molar-refractivity contribution is -0.0636. The molecule has 0 aliphatic heterocycles. The lowest BCUT2D eigenvalue weighted by atomic mass is 9.72. The second-order valence-corrected chi connectivity index (χ2v) is 6.68. The average molecular weight is 265 g/mol. The van der Waals surface area contributed by atoms with Gasteiger partial charge in [-0.2, -0.15) is 0 Å². The van der Waals surface area contributed by atoms with E-state index in [1.165, 1.54) is 56.9 Å². The van der Waals surface area contributed by atoms with Gasteiger partial charge >= 0.3 is 0 Å². The van der Waals surface area contributed by atoms with Crippen molar-refractivity contribution in [3.63, 3.8) is 0 Å². The van der Waals surface area contributed by atoms with Crippen LogP contribution in [0.15, 0.2) is 11.6 Å². The molecule has 0 bridgehead atoms. The van der Waals surface area contributed by atoms with Gasteiger partial charge in [0.25, 0.3) is 0 Å². The lowest BCUT2D eigenvalue weighted by Gasteiger charge is -2.44. The summed E-state index contributed by atoms with van der Waals surface area (Å²) < 4.78 is 5.97. The maximum absolute atomic E-state index is 6.66. The molecule has 0 radical (unpaired) electrons. The van der Waals surface area contributed by atoms with Crippen LogP contribution < -0.4 is 5.73 Å². The van der Waals surface area contributed by atoms with E-state index in [0.29, 0.717) is 0 Å². The molecule has 3 unspecified atom stereocenters. The van der Waals surface area contributed by atoms with Gasteiger partial charge in [-0.3, -0.25) is 0 Å². The van der Waals surface area contributed by atoms with E-state index in [1.54, 1.807) is 0 Å². The van der Waals surface area contributed by atoms with E-state index in [0.717, 1.165) is 18.8 Å². The Hall–Kier alpha value is -0.340. The van der Waals surface area contributed by atoms with Crippen molar-refractivity contribution in [1.29, 1.82) is 0 Å². The molecule has 0 heterocycles. The molecule has 110 valence electrons. The Morgan fingerprint density at radius 2 is 2.05 bits per heavy atom. The van der Waals surface area contributed by atoms with Crippen LogP contribution in [-0.4, -0.2) is 18.8 Å². The molecule has 0 aromatic heterocycles. The number of ether oxygens (including phenoxy) is 1. The third kappa shape index (κ3) is 3.61. The Balaban J connectivity index is 2.11. The van der Waals surface area contributed by atoms with Gasteiger partial charge in [0.2, 0.25) is 0 Å². The van der Waals surface area contributed by atoms with Crippen LogP contribution >= 0.6 is 0 Å². The number of allylic oxidation sites excluding steroid dienone is 1. The molecule has 2 aliphatic rings. The molecule has 2 nitrogen and oxygen atoms in total. The molecule has 0 spiro atoms. The minimum absolute atomic E-state index is 0.0945.